The summed E-state index contributed by atoms with van der Waals surface area (Å²) >= 11 is 0. The number of nitrogens with two attached hydrogens (primary N) is 1. The summed E-state index contributed by atoms with van der Waals surface area (Å²) in [6.07, 6.45) is 0.492. The van der Waals surface area contributed by atoms with Gasteiger partial charge in [0.05, 0.1) is 22.7 Å². The van der Waals surface area contributed by atoms with Crippen LogP contribution >= 0.6 is 0 Å². The van der Waals surface area contributed by atoms with Crippen molar-refractivity contribution in [2.75, 3.05) is 0 Å². The third-order valence-electron chi connectivity index (χ3n) is 5.11. The quantitative estimate of drug-likeness (QED) is 0.470. The van der Waals surface area contributed by atoms with Crippen molar-refractivity contribution < 1.29 is 14.3 Å². The van der Waals surface area contributed by atoms with Gasteiger partial charge in [0.25, 0.3) is 0 Å². The normalized spacial score (nSPS) is 12.7. The lowest BCUT2D eigenvalue weighted by atomic mass is 9.94. The van der Waals surface area contributed by atoms with Crippen molar-refractivity contribution in [1.82, 2.24) is 10.2 Å². The van der Waals surface area contributed by atoms with Crippen LogP contribution in [0.4, 0.5) is 0 Å². The number of nitrogens with zero attached hydrogens (tertiary/aromatic N) is 3. The highest BCUT2D eigenvalue weighted by atomic mass is 16.4. The molecular formula is C25H20N4O3. The molecule has 3 aromatic carbocycles. The molecule has 0 bridgehead atoms. The summed E-state index contributed by atoms with van der Waals surface area (Å²) in [6.45, 7) is 1.81. The second kappa shape index (κ2) is 8.46. The van der Waals surface area contributed by atoms with Crippen LogP contribution in [-0.4, -0.2) is 21.3 Å². The van der Waals surface area contributed by atoms with Crippen LogP contribution in [0.5, 0.6) is 0 Å². The highest BCUT2D eigenvalue weighted by Gasteiger charge is 2.29. The lowest BCUT2D eigenvalue weighted by molar-refractivity contribution is 0.0697. The second-order valence-electron chi connectivity index (χ2n) is 7.75. The van der Waals surface area contributed by atoms with E-state index in [1.54, 1.807) is 37.3 Å². The van der Waals surface area contributed by atoms with E-state index in [4.69, 9.17) is 10.2 Å². The van der Waals surface area contributed by atoms with E-state index in [2.05, 4.69) is 16.3 Å². The van der Waals surface area contributed by atoms with Crippen LogP contribution in [0.3, 0.4) is 0 Å². The molecule has 3 N–H and O–H groups in total. The van der Waals surface area contributed by atoms with E-state index in [1.807, 2.05) is 30.3 Å². The first-order valence-electron chi connectivity index (χ1n) is 9.92. The molecule has 1 atom stereocenters. The van der Waals surface area contributed by atoms with Gasteiger partial charge in [-0.1, -0.05) is 48.5 Å². The van der Waals surface area contributed by atoms with E-state index in [9.17, 15) is 15.2 Å². The summed E-state index contributed by atoms with van der Waals surface area (Å²) < 4.78 is 5.88. The van der Waals surface area contributed by atoms with Crippen LogP contribution in [0.2, 0.25) is 0 Å². The standard InChI is InChI=1S/C25H20N4O3/c1-25(27,14-16-7-3-2-4-8-16)24-29-28-22(32-24)19-11-18(12-20(13-19)23(30)31)21-10-6-5-9-17(21)15-26/h2-13H,14,27H2,1H3,(H,30,31). The molecule has 1 heterocycles. The first-order chi connectivity index (χ1) is 15.4. The lowest BCUT2D eigenvalue weighted by Crippen LogP contribution is -2.35. The van der Waals surface area contributed by atoms with Crippen LogP contribution in [0.1, 0.15) is 34.3 Å². The number of hydrogen-bond donors (Lipinski definition) is 2. The Morgan fingerprint density at radius 2 is 1.75 bits per heavy atom. The largest absolute Gasteiger partial charge is 0.478 e. The molecule has 0 aliphatic heterocycles. The maximum atomic E-state index is 11.7. The van der Waals surface area contributed by atoms with Gasteiger partial charge in [-0.15, -0.1) is 10.2 Å². The van der Waals surface area contributed by atoms with E-state index >= 15 is 0 Å². The highest BCUT2D eigenvalue weighted by molar-refractivity contribution is 5.92. The Hall–Kier alpha value is -4.28. The number of carboxylic acids is 1. The molecule has 0 radical (unpaired) electrons. The first kappa shape index (κ1) is 21.0. The fourth-order valence-electron chi connectivity index (χ4n) is 3.53. The van der Waals surface area contributed by atoms with Gasteiger partial charge in [-0.05, 0) is 54.3 Å². The third-order valence-corrected chi connectivity index (χ3v) is 5.11. The van der Waals surface area contributed by atoms with Crippen LogP contribution < -0.4 is 5.73 Å². The number of carbonyl (C=O) groups is 1. The molecule has 0 saturated carbocycles. The molecule has 0 spiro atoms. The summed E-state index contributed by atoms with van der Waals surface area (Å²) in [5.41, 5.74) is 8.69. The molecule has 0 fully saturated rings. The molecule has 0 saturated heterocycles. The number of benzene rings is 3. The SMILES string of the molecule is CC(N)(Cc1ccccc1)c1nnc(-c2cc(C(=O)O)cc(-c3ccccc3C#N)c2)o1. The molecule has 0 amide bonds. The van der Waals surface area contributed by atoms with E-state index in [1.165, 1.54) is 12.1 Å². The van der Waals surface area contributed by atoms with E-state index in [0.717, 1.165) is 5.56 Å². The maximum Gasteiger partial charge on any atom is 0.335 e. The summed E-state index contributed by atoms with van der Waals surface area (Å²) in [4.78, 5) is 11.7. The van der Waals surface area contributed by atoms with Gasteiger partial charge < -0.3 is 15.3 Å². The highest BCUT2D eigenvalue weighted by Crippen LogP contribution is 2.31. The van der Waals surface area contributed by atoms with Crippen molar-refractivity contribution >= 4 is 5.97 Å². The summed E-state index contributed by atoms with van der Waals surface area (Å²) in [5, 5.41) is 27.3. The van der Waals surface area contributed by atoms with Gasteiger partial charge in [0.1, 0.15) is 0 Å². The zero-order valence-corrected chi connectivity index (χ0v) is 17.3. The Morgan fingerprint density at radius 3 is 2.47 bits per heavy atom. The molecule has 4 aromatic rings. The minimum atomic E-state index is -1.10. The number of rotatable bonds is 6. The Bertz CT molecular complexity index is 1320. The van der Waals surface area contributed by atoms with Crippen LogP contribution in [-0.2, 0) is 12.0 Å². The number of aromatic nitrogens is 2. The van der Waals surface area contributed by atoms with Crippen molar-refractivity contribution in [2.45, 2.75) is 18.9 Å². The first-order valence-corrected chi connectivity index (χ1v) is 9.92. The average Bonchev–Trinajstić information content (AvgIpc) is 3.31. The zero-order chi connectivity index (χ0) is 22.7. The number of aromatic carboxylic acids is 1. The molecule has 7 heteroatoms. The number of nitriles is 1. The maximum absolute atomic E-state index is 11.7. The Kier molecular flexibility index (Phi) is 5.54. The van der Waals surface area contributed by atoms with Crippen molar-refractivity contribution in [2.24, 2.45) is 5.73 Å². The summed E-state index contributed by atoms with van der Waals surface area (Å²) in [7, 11) is 0. The summed E-state index contributed by atoms with van der Waals surface area (Å²) in [5.74, 6) is -0.699. The van der Waals surface area contributed by atoms with Gasteiger partial charge in [-0.25, -0.2) is 4.79 Å². The molecule has 158 valence electrons. The van der Waals surface area contributed by atoms with Gasteiger partial charge in [0, 0.05) is 5.56 Å². The molecular weight excluding hydrogens is 404 g/mol. The smallest absolute Gasteiger partial charge is 0.335 e. The predicted octanol–water partition coefficient (Wildman–Crippen LogP) is 4.39. The second-order valence-corrected chi connectivity index (χ2v) is 7.75. The Morgan fingerprint density at radius 1 is 1.06 bits per heavy atom. The van der Waals surface area contributed by atoms with E-state index < -0.39 is 11.5 Å². The topological polar surface area (TPSA) is 126 Å². The molecule has 7 nitrogen and oxygen atoms in total. The van der Waals surface area contributed by atoms with Crippen molar-refractivity contribution in [3.8, 4) is 28.7 Å². The third kappa shape index (κ3) is 4.26. The predicted molar refractivity (Wildman–Crippen MR) is 119 cm³/mol. The lowest BCUT2D eigenvalue weighted by Gasteiger charge is -2.20. The molecule has 4 rings (SSSR count). The molecule has 1 unspecified atom stereocenters. The van der Waals surface area contributed by atoms with Gasteiger partial charge in [-0.3, -0.25) is 0 Å². The zero-order valence-electron chi connectivity index (χ0n) is 17.3. The van der Waals surface area contributed by atoms with Crippen molar-refractivity contribution in [1.29, 1.82) is 5.26 Å². The fraction of sp³-hybridized carbons (Fsp3) is 0.120. The fourth-order valence-corrected chi connectivity index (χ4v) is 3.53. The van der Waals surface area contributed by atoms with Crippen molar-refractivity contribution in [3.05, 3.63) is 95.4 Å². The Balaban J connectivity index is 1.74. The van der Waals surface area contributed by atoms with Gasteiger partial charge >= 0.3 is 5.97 Å². The van der Waals surface area contributed by atoms with Crippen molar-refractivity contribution in [3.63, 3.8) is 0 Å². The minimum absolute atomic E-state index is 0.0461. The van der Waals surface area contributed by atoms with Gasteiger partial charge in [0.15, 0.2) is 0 Å². The van der Waals surface area contributed by atoms with Crippen LogP contribution in [0, 0.1) is 11.3 Å². The molecule has 0 aliphatic carbocycles. The molecule has 0 aliphatic rings. The number of carboxylic acid groups (broad SMARTS) is 1. The van der Waals surface area contributed by atoms with Gasteiger partial charge in [-0.2, -0.15) is 5.26 Å². The molecule has 32 heavy (non-hydrogen) atoms. The van der Waals surface area contributed by atoms with Gasteiger partial charge in [0.2, 0.25) is 11.8 Å². The number of hydrogen-bond acceptors (Lipinski definition) is 6. The average molecular weight is 424 g/mol. The monoisotopic (exact) mass is 424 g/mol. The van der Waals surface area contributed by atoms with Crippen LogP contribution in [0.25, 0.3) is 22.6 Å². The Labute approximate surface area is 184 Å². The summed E-state index contributed by atoms with van der Waals surface area (Å²) in [6, 6.07) is 23.6. The van der Waals surface area contributed by atoms with E-state index in [0.29, 0.717) is 28.7 Å². The molecule has 1 aromatic heterocycles. The minimum Gasteiger partial charge on any atom is -0.478 e. The van der Waals surface area contributed by atoms with E-state index in [-0.39, 0.29) is 17.3 Å². The van der Waals surface area contributed by atoms with Crippen LogP contribution in [0.15, 0.2) is 77.2 Å².